The molecule has 1 saturated carbocycles. The molecule has 0 bridgehead atoms. The van der Waals surface area contributed by atoms with Gasteiger partial charge in [-0.15, -0.1) is 0 Å². The van der Waals surface area contributed by atoms with Gasteiger partial charge in [0, 0.05) is 5.92 Å². The predicted octanol–water partition coefficient (Wildman–Crippen LogP) is 2.89. The zero-order valence-electron chi connectivity index (χ0n) is 10.4. The van der Waals surface area contributed by atoms with Crippen molar-refractivity contribution >= 4 is 12.1 Å². The standard InChI is InChI=1S/C16H16O2/c1-15-9-13(12-5-3-2-4-6-12)14(18)7-8-16(15,10-15)11-17/h2-8,11,13H,9-10H2,1H3/t13-,15-,16+/m0/s1. The van der Waals surface area contributed by atoms with Crippen LogP contribution < -0.4 is 0 Å². The summed E-state index contributed by atoms with van der Waals surface area (Å²) in [4.78, 5) is 23.4. The molecule has 2 heteroatoms. The molecule has 1 aromatic rings. The van der Waals surface area contributed by atoms with Crippen LogP contribution in [0.2, 0.25) is 0 Å². The van der Waals surface area contributed by atoms with Crippen LogP contribution in [0.1, 0.15) is 31.2 Å². The van der Waals surface area contributed by atoms with Gasteiger partial charge in [0.2, 0.25) is 0 Å². The molecule has 0 amide bonds. The van der Waals surface area contributed by atoms with Crippen molar-refractivity contribution in [3.8, 4) is 0 Å². The first kappa shape index (κ1) is 11.4. The van der Waals surface area contributed by atoms with Gasteiger partial charge in [-0.3, -0.25) is 4.79 Å². The summed E-state index contributed by atoms with van der Waals surface area (Å²) >= 11 is 0. The van der Waals surface area contributed by atoms with E-state index in [2.05, 4.69) is 6.92 Å². The number of benzene rings is 1. The first-order valence-electron chi connectivity index (χ1n) is 6.35. The van der Waals surface area contributed by atoms with Crippen molar-refractivity contribution in [3.05, 3.63) is 48.0 Å². The Labute approximate surface area is 107 Å². The van der Waals surface area contributed by atoms with E-state index in [0.29, 0.717) is 0 Å². The number of hydrogen-bond acceptors (Lipinski definition) is 2. The van der Waals surface area contributed by atoms with Gasteiger partial charge in [0.15, 0.2) is 5.78 Å². The van der Waals surface area contributed by atoms with E-state index in [1.807, 2.05) is 36.4 Å². The molecule has 92 valence electrons. The van der Waals surface area contributed by atoms with Crippen LogP contribution in [0.25, 0.3) is 0 Å². The van der Waals surface area contributed by atoms with Crippen LogP contribution in [0.3, 0.4) is 0 Å². The molecular formula is C16H16O2. The zero-order valence-corrected chi connectivity index (χ0v) is 10.4. The second-order valence-electron chi connectivity index (χ2n) is 5.80. The fourth-order valence-corrected chi connectivity index (χ4v) is 3.21. The molecule has 1 fully saturated rings. The Morgan fingerprint density at radius 3 is 2.67 bits per heavy atom. The Morgan fingerprint density at radius 2 is 2.00 bits per heavy atom. The number of aldehydes is 1. The highest BCUT2D eigenvalue weighted by Gasteiger charge is 2.64. The molecule has 2 nitrogen and oxygen atoms in total. The molecule has 0 aromatic heterocycles. The smallest absolute Gasteiger partial charge is 0.162 e. The maximum absolute atomic E-state index is 12.2. The van der Waals surface area contributed by atoms with Gasteiger partial charge in [-0.05, 0) is 29.9 Å². The van der Waals surface area contributed by atoms with Gasteiger partial charge in [-0.25, -0.2) is 0 Å². The average molecular weight is 240 g/mol. The van der Waals surface area contributed by atoms with E-state index in [-0.39, 0.29) is 22.5 Å². The third-order valence-corrected chi connectivity index (χ3v) is 4.64. The quantitative estimate of drug-likeness (QED) is 0.745. The van der Waals surface area contributed by atoms with Crippen LogP contribution >= 0.6 is 0 Å². The van der Waals surface area contributed by atoms with Crippen LogP contribution in [0.15, 0.2) is 42.5 Å². The Hall–Kier alpha value is -1.70. The van der Waals surface area contributed by atoms with E-state index in [4.69, 9.17) is 0 Å². The lowest BCUT2D eigenvalue weighted by molar-refractivity contribution is -0.116. The van der Waals surface area contributed by atoms with Crippen molar-refractivity contribution in [2.75, 3.05) is 0 Å². The van der Waals surface area contributed by atoms with E-state index in [1.54, 1.807) is 6.08 Å². The lowest BCUT2D eigenvalue weighted by Gasteiger charge is -2.19. The third-order valence-electron chi connectivity index (χ3n) is 4.64. The topological polar surface area (TPSA) is 34.1 Å². The second-order valence-corrected chi connectivity index (χ2v) is 5.80. The summed E-state index contributed by atoms with van der Waals surface area (Å²) in [6.07, 6.45) is 6.10. The van der Waals surface area contributed by atoms with Gasteiger partial charge < -0.3 is 4.79 Å². The van der Waals surface area contributed by atoms with Gasteiger partial charge >= 0.3 is 0 Å². The molecule has 2 aliphatic carbocycles. The Bertz CT molecular complexity index is 531. The normalized spacial score (nSPS) is 37.8. The first-order chi connectivity index (χ1) is 8.60. The molecule has 3 atom stereocenters. The molecule has 0 spiro atoms. The molecule has 0 saturated heterocycles. The van der Waals surface area contributed by atoms with Crippen molar-refractivity contribution in [3.63, 3.8) is 0 Å². The van der Waals surface area contributed by atoms with E-state index < -0.39 is 0 Å². The number of rotatable bonds is 2. The van der Waals surface area contributed by atoms with Crippen LogP contribution in [0, 0.1) is 10.8 Å². The van der Waals surface area contributed by atoms with Crippen molar-refractivity contribution in [1.29, 1.82) is 0 Å². The van der Waals surface area contributed by atoms with Crippen molar-refractivity contribution in [1.82, 2.24) is 0 Å². The number of allylic oxidation sites excluding steroid dienone is 2. The highest BCUT2D eigenvalue weighted by molar-refractivity contribution is 5.97. The highest BCUT2D eigenvalue weighted by atomic mass is 16.1. The summed E-state index contributed by atoms with van der Waals surface area (Å²) in [6, 6.07) is 9.86. The summed E-state index contributed by atoms with van der Waals surface area (Å²) in [5.41, 5.74) is 0.631. The number of hydrogen-bond donors (Lipinski definition) is 0. The maximum Gasteiger partial charge on any atom is 0.162 e. The molecular weight excluding hydrogens is 224 g/mol. The highest BCUT2D eigenvalue weighted by Crippen LogP contribution is 2.68. The lowest BCUT2D eigenvalue weighted by atomic mass is 9.83. The molecule has 3 rings (SSSR count). The molecule has 1 aromatic carbocycles. The minimum absolute atomic E-state index is 0.0437. The van der Waals surface area contributed by atoms with Gasteiger partial charge in [-0.1, -0.05) is 43.3 Å². The number of fused-ring (bicyclic) bond motifs is 1. The van der Waals surface area contributed by atoms with Crippen LogP contribution in [-0.2, 0) is 9.59 Å². The second kappa shape index (κ2) is 3.64. The fraction of sp³-hybridized carbons (Fsp3) is 0.375. The zero-order chi connectivity index (χ0) is 12.8. The third kappa shape index (κ3) is 1.48. The van der Waals surface area contributed by atoms with Gasteiger partial charge in [0.05, 0.1) is 5.41 Å². The van der Waals surface area contributed by atoms with Crippen LogP contribution in [0.4, 0.5) is 0 Å². The van der Waals surface area contributed by atoms with Gasteiger partial charge in [-0.2, -0.15) is 0 Å². The minimum Gasteiger partial charge on any atom is -0.302 e. The summed E-state index contributed by atoms with van der Waals surface area (Å²) in [6.45, 7) is 2.11. The van der Waals surface area contributed by atoms with Crippen molar-refractivity contribution in [2.24, 2.45) is 10.8 Å². The minimum atomic E-state index is -0.383. The average Bonchev–Trinajstić information content (AvgIpc) is 3.01. The van der Waals surface area contributed by atoms with Gasteiger partial charge in [0.25, 0.3) is 0 Å². The van der Waals surface area contributed by atoms with Crippen LogP contribution in [-0.4, -0.2) is 12.1 Å². The molecule has 0 radical (unpaired) electrons. The van der Waals surface area contributed by atoms with Crippen molar-refractivity contribution < 1.29 is 9.59 Å². The largest absolute Gasteiger partial charge is 0.302 e. The van der Waals surface area contributed by atoms with E-state index >= 15 is 0 Å². The predicted molar refractivity (Wildman–Crippen MR) is 69.2 cm³/mol. The molecule has 0 N–H and O–H groups in total. The summed E-state index contributed by atoms with van der Waals surface area (Å²) < 4.78 is 0. The number of ketones is 1. The summed E-state index contributed by atoms with van der Waals surface area (Å²) in [5.74, 6) is 0.0209. The van der Waals surface area contributed by atoms with Crippen molar-refractivity contribution in [2.45, 2.75) is 25.7 Å². The summed E-state index contributed by atoms with van der Waals surface area (Å²) in [7, 11) is 0. The Balaban J connectivity index is 1.98. The molecule has 0 aliphatic heterocycles. The van der Waals surface area contributed by atoms with E-state index in [0.717, 1.165) is 24.7 Å². The number of carbonyl (C=O) groups excluding carboxylic acids is 2. The van der Waals surface area contributed by atoms with Gasteiger partial charge in [0.1, 0.15) is 6.29 Å². The first-order valence-corrected chi connectivity index (χ1v) is 6.35. The molecule has 0 unspecified atom stereocenters. The SMILES string of the molecule is C[C@@]12C[C@@H](c3ccccc3)C(=O)C=C[C@]1(C=O)C2. The Kier molecular flexibility index (Phi) is 2.31. The molecule has 2 aliphatic rings. The lowest BCUT2D eigenvalue weighted by Crippen LogP contribution is -2.15. The maximum atomic E-state index is 12.2. The van der Waals surface area contributed by atoms with Crippen LogP contribution in [0.5, 0.6) is 0 Å². The fourth-order valence-electron chi connectivity index (χ4n) is 3.21. The van der Waals surface area contributed by atoms with E-state index in [9.17, 15) is 9.59 Å². The van der Waals surface area contributed by atoms with E-state index in [1.165, 1.54) is 0 Å². The number of carbonyl (C=O) groups is 2. The monoisotopic (exact) mass is 240 g/mol. The molecule has 0 heterocycles. The summed E-state index contributed by atoms with van der Waals surface area (Å²) in [5, 5.41) is 0. The Morgan fingerprint density at radius 1 is 1.28 bits per heavy atom. The molecule has 18 heavy (non-hydrogen) atoms.